The van der Waals surface area contributed by atoms with Gasteiger partial charge in [0.2, 0.25) is 0 Å². The highest BCUT2D eigenvalue weighted by molar-refractivity contribution is 5.66. The molecule has 0 bridgehead atoms. The van der Waals surface area contributed by atoms with Crippen LogP contribution in [0.15, 0.2) is 18.2 Å². The number of rotatable bonds is 7. The van der Waals surface area contributed by atoms with Gasteiger partial charge in [-0.25, -0.2) is 4.79 Å². The third kappa shape index (κ3) is 5.85. The van der Waals surface area contributed by atoms with Gasteiger partial charge >= 0.3 is 6.16 Å². The molecule has 1 saturated carbocycles. The van der Waals surface area contributed by atoms with E-state index < -0.39 is 55.7 Å². The molecule has 9 nitrogen and oxygen atoms in total. The van der Waals surface area contributed by atoms with E-state index in [2.05, 4.69) is 0 Å². The van der Waals surface area contributed by atoms with E-state index in [4.69, 9.17) is 18.9 Å². The first-order valence-corrected chi connectivity index (χ1v) is 11.6. The minimum absolute atomic E-state index is 0.153. The van der Waals surface area contributed by atoms with Crippen molar-refractivity contribution in [2.24, 2.45) is 0 Å². The number of hydrogen-bond acceptors (Lipinski definition) is 9. The van der Waals surface area contributed by atoms with Gasteiger partial charge in [0.1, 0.15) is 36.3 Å². The van der Waals surface area contributed by atoms with E-state index in [1.165, 1.54) is 0 Å². The summed E-state index contributed by atoms with van der Waals surface area (Å²) in [6.07, 6.45) is -7.10. The Kier molecular flexibility index (Phi) is 8.71. The molecule has 1 aliphatic heterocycles. The Bertz CT molecular complexity index is 768. The molecule has 1 aromatic carbocycles. The Morgan fingerprint density at radius 3 is 2.18 bits per heavy atom. The molecule has 9 heteroatoms. The van der Waals surface area contributed by atoms with Crippen molar-refractivity contribution in [3.63, 3.8) is 0 Å². The van der Waals surface area contributed by atoms with Crippen LogP contribution >= 0.6 is 0 Å². The molecule has 0 radical (unpaired) electrons. The summed E-state index contributed by atoms with van der Waals surface area (Å²) in [5.41, 5.74) is 1.83. The van der Waals surface area contributed by atoms with E-state index in [9.17, 15) is 25.2 Å². The molecule has 0 amide bonds. The van der Waals surface area contributed by atoms with Crippen molar-refractivity contribution in [3.8, 4) is 5.75 Å². The van der Waals surface area contributed by atoms with Crippen molar-refractivity contribution in [2.75, 3.05) is 6.61 Å². The number of benzene rings is 1. The lowest BCUT2D eigenvalue weighted by Gasteiger charge is -2.40. The maximum absolute atomic E-state index is 12.7. The van der Waals surface area contributed by atoms with Crippen LogP contribution in [0.2, 0.25) is 0 Å². The predicted octanol–water partition coefficient (Wildman–Crippen LogP) is 2.19. The average molecular weight is 469 g/mol. The van der Waals surface area contributed by atoms with Crippen LogP contribution in [0.4, 0.5) is 4.79 Å². The SMILES string of the molecule is CC(C)c1cccc(C(C)C)c1OC(=O)O[C@@H]1CCCC1O[C@H]1O[C@H](CO)[C@@H](O)[C@H](O)[C@@H]1O. The molecule has 7 atom stereocenters. The lowest BCUT2D eigenvalue weighted by molar-refractivity contribution is -0.315. The van der Waals surface area contributed by atoms with Crippen LogP contribution in [0.5, 0.6) is 5.75 Å². The maximum Gasteiger partial charge on any atom is 0.514 e. The van der Waals surface area contributed by atoms with Gasteiger partial charge in [-0.05, 0) is 42.2 Å². The summed E-state index contributed by atoms with van der Waals surface area (Å²) >= 11 is 0. The van der Waals surface area contributed by atoms with Crippen LogP contribution in [0.1, 0.15) is 69.9 Å². The third-order valence-corrected chi connectivity index (χ3v) is 6.30. The summed E-state index contributed by atoms with van der Waals surface area (Å²) in [5, 5.41) is 39.5. The van der Waals surface area contributed by atoms with Gasteiger partial charge in [0.25, 0.3) is 0 Å². The summed E-state index contributed by atoms with van der Waals surface area (Å²) in [5.74, 6) is 0.817. The first-order chi connectivity index (χ1) is 15.6. The Morgan fingerprint density at radius 1 is 1.00 bits per heavy atom. The second-order valence-electron chi connectivity index (χ2n) is 9.39. The quantitative estimate of drug-likeness (QED) is 0.351. The normalized spacial score (nSPS) is 32.4. The van der Waals surface area contributed by atoms with Gasteiger partial charge in [-0.15, -0.1) is 0 Å². The number of aliphatic hydroxyl groups excluding tert-OH is 4. The van der Waals surface area contributed by atoms with Gasteiger partial charge in [0.05, 0.1) is 12.7 Å². The van der Waals surface area contributed by atoms with E-state index in [0.29, 0.717) is 18.6 Å². The molecule has 1 aliphatic carbocycles. The second kappa shape index (κ2) is 11.1. The zero-order valence-electron chi connectivity index (χ0n) is 19.6. The molecule has 0 spiro atoms. The van der Waals surface area contributed by atoms with Crippen LogP contribution in [-0.4, -0.2) is 76.1 Å². The molecule has 1 heterocycles. The zero-order valence-corrected chi connectivity index (χ0v) is 19.6. The van der Waals surface area contributed by atoms with Crippen molar-refractivity contribution in [1.82, 2.24) is 0 Å². The Morgan fingerprint density at radius 2 is 1.61 bits per heavy atom. The topological polar surface area (TPSA) is 135 Å². The number of para-hydroxylation sites is 1. The monoisotopic (exact) mass is 468 g/mol. The summed E-state index contributed by atoms with van der Waals surface area (Å²) < 4.78 is 22.5. The molecule has 1 saturated heterocycles. The molecule has 1 unspecified atom stereocenters. The Hall–Kier alpha value is -1.75. The fourth-order valence-electron chi connectivity index (χ4n) is 4.37. The van der Waals surface area contributed by atoms with Crippen molar-refractivity contribution >= 4 is 6.16 Å². The van der Waals surface area contributed by atoms with Crippen molar-refractivity contribution in [1.29, 1.82) is 0 Å². The molecule has 33 heavy (non-hydrogen) atoms. The number of aliphatic hydroxyl groups is 4. The molecular formula is C24H36O9. The molecular weight excluding hydrogens is 432 g/mol. The van der Waals surface area contributed by atoms with Gasteiger partial charge in [-0.1, -0.05) is 45.9 Å². The van der Waals surface area contributed by atoms with Crippen LogP contribution in [-0.2, 0) is 14.2 Å². The van der Waals surface area contributed by atoms with Crippen LogP contribution in [0.25, 0.3) is 0 Å². The average Bonchev–Trinajstić information content (AvgIpc) is 3.20. The van der Waals surface area contributed by atoms with Crippen LogP contribution in [0, 0.1) is 0 Å². The van der Waals surface area contributed by atoms with E-state index >= 15 is 0 Å². The van der Waals surface area contributed by atoms with Crippen LogP contribution in [0.3, 0.4) is 0 Å². The van der Waals surface area contributed by atoms with Crippen molar-refractivity contribution in [3.05, 3.63) is 29.3 Å². The first-order valence-electron chi connectivity index (χ1n) is 11.6. The standard InChI is InChI=1S/C24H36O9/c1-12(2)14-7-5-8-15(13(3)4)22(14)33-24(29)32-17-10-6-9-16(17)30-23-21(28)20(27)19(26)18(11-25)31-23/h5,7-8,12-13,16-21,23,25-28H,6,9-11H2,1-4H3/t16?,17-,18-,19-,20+,21+,23+/m1/s1. The highest BCUT2D eigenvalue weighted by Crippen LogP contribution is 2.36. The number of hydrogen-bond donors (Lipinski definition) is 4. The van der Waals surface area contributed by atoms with E-state index in [1.807, 2.05) is 45.9 Å². The summed E-state index contributed by atoms with van der Waals surface area (Å²) in [7, 11) is 0. The molecule has 186 valence electrons. The van der Waals surface area contributed by atoms with Gasteiger partial charge in [-0.3, -0.25) is 0 Å². The highest BCUT2D eigenvalue weighted by Gasteiger charge is 2.46. The largest absolute Gasteiger partial charge is 0.514 e. The Balaban J connectivity index is 1.67. The summed E-state index contributed by atoms with van der Waals surface area (Å²) in [6, 6.07) is 5.81. The van der Waals surface area contributed by atoms with E-state index in [-0.39, 0.29) is 11.8 Å². The predicted molar refractivity (Wildman–Crippen MR) is 118 cm³/mol. The Labute approximate surface area is 194 Å². The van der Waals surface area contributed by atoms with E-state index in [0.717, 1.165) is 17.5 Å². The van der Waals surface area contributed by atoms with Gasteiger partial charge in [-0.2, -0.15) is 0 Å². The van der Waals surface area contributed by atoms with Gasteiger partial charge in [0, 0.05) is 0 Å². The number of carbonyl (C=O) groups is 1. The minimum Gasteiger partial charge on any atom is -0.428 e. The zero-order chi connectivity index (χ0) is 24.3. The molecule has 1 aromatic rings. The van der Waals surface area contributed by atoms with Crippen LogP contribution < -0.4 is 4.74 Å². The van der Waals surface area contributed by atoms with E-state index in [1.54, 1.807) is 0 Å². The number of carbonyl (C=O) groups excluding carboxylic acids is 1. The summed E-state index contributed by atoms with van der Waals surface area (Å²) in [6.45, 7) is 7.56. The van der Waals surface area contributed by atoms with Gasteiger partial charge < -0.3 is 39.4 Å². The molecule has 0 aromatic heterocycles. The molecule has 3 rings (SSSR count). The summed E-state index contributed by atoms with van der Waals surface area (Å²) in [4.78, 5) is 12.7. The lowest BCUT2D eigenvalue weighted by atomic mass is 9.94. The second-order valence-corrected chi connectivity index (χ2v) is 9.39. The highest BCUT2D eigenvalue weighted by atomic mass is 16.7. The first kappa shape index (κ1) is 25.9. The molecule has 2 aliphatic rings. The lowest BCUT2D eigenvalue weighted by Crippen LogP contribution is -2.60. The maximum atomic E-state index is 12.7. The third-order valence-electron chi connectivity index (χ3n) is 6.30. The minimum atomic E-state index is -1.53. The molecule has 2 fully saturated rings. The number of ether oxygens (including phenoxy) is 4. The fraction of sp³-hybridized carbons (Fsp3) is 0.708. The van der Waals surface area contributed by atoms with Crippen molar-refractivity contribution in [2.45, 2.75) is 102 Å². The van der Waals surface area contributed by atoms with Gasteiger partial charge in [0.15, 0.2) is 6.29 Å². The molecule has 4 N–H and O–H groups in total. The fourth-order valence-corrected chi connectivity index (χ4v) is 4.37. The smallest absolute Gasteiger partial charge is 0.428 e. The van der Waals surface area contributed by atoms with Crippen molar-refractivity contribution < 1.29 is 44.2 Å².